The Labute approximate surface area is 206 Å². The molecule has 0 aliphatic heterocycles. The second-order valence-electron chi connectivity index (χ2n) is 7.51. The van der Waals surface area contributed by atoms with Gasteiger partial charge in [0, 0.05) is 17.0 Å². The third kappa shape index (κ3) is 8.01. The summed E-state index contributed by atoms with van der Waals surface area (Å²) in [6, 6.07) is 7.06. The fourth-order valence-corrected chi connectivity index (χ4v) is 4.72. The SMILES string of the molecule is CCCC(c1cc(C)cc(C)c1OP(=O)(O)O)c1cc(C)cc(C)c1OP(=O)(O)O.[H-].[Na+]. The smallest absolute Gasteiger partial charge is 1.00 e. The minimum Gasteiger partial charge on any atom is -1.00 e. The molecule has 0 heterocycles. The quantitative estimate of drug-likeness (QED) is 0.331. The molecule has 4 N–H and O–H groups in total. The van der Waals surface area contributed by atoms with Crippen molar-refractivity contribution in [3.05, 3.63) is 57.6 Å². The van der Waals surface area contributed by atoms with Gasteiger partial charge >= 0.3 is 45.2 Å². The fraction of sp³-hybridized carbons (Fsp3) is 0.400. The van der Waals surface area contributed by atoms with E-state index in [0.29, 0.717) is 35.1 Å². The molecule has 8 nitrogen and oxygen atoms in total. The monoisotopic (exact) mass is 482 g/mol. The average molecular weight is 482 g/mol. The molecule has 0 atom stereocenters. The van der Waals surface area contributed by atoms with Crippen molar-refractivity contribution in [2.75, 3.05) is 0 Å². The molecule has 31 heavy (non-hydrogen) atoms. The molecular weight excluding hydrogens is 453 g/mol. The summed E-state index contributed by atoms with van der Waals surface area (Å²) in [5.74, 6) is -0.336. The molecular formula is C20H29NaO8P2. The molecule has 0 spiro atoms. The Morgan fingerprint density at radius 2 is 1.16 bits per heavy atom. The van der Waals surface area contributed by atoms with Crippen molar-refractivity contribution in [1.29, 1.82) is 0 Å². The van der Waals surface area contributed by atoms with Crippen molar-refractivity contribution in [2.45, 2.75) is 53.4 Å². The number of hydrogen-bond acceptors (Lipinski definition) is 4. The van der Waals surface area contributed by atoms with Gasteiger partial charge in [-0.15, -0.1) is 0 Å². The second kappa shape index (κ2) is 11.0. The molecule has 0 radical (unpaired) electrons. The van der Waals surface area contributed by atoms with E-state index in [1.54, 1.807) is 38.1 Å². The Morgan fingerprint density at radius 1 is 0.806 bits per heavy atom. The van der Waals surface area contributed by atoms with Crippen LogP contribution in [-0.2, 0) is 9.13 Å². The van der Waals surface area contributed by atoms with Gasteiger partial charge in [-0.2, -0.15) is 0 Å². The third-order valence-electron chi connectivity index (χ3n) is 4.64. The molecule has 0 bridgehead atoms. The van der Waals surface area contributed by atoms with Gasteiger partial charge in [-0.3, -0.25) is 19.6 Å². The molecule has 2 aromatic carbocycles. The first-order chi connectivity index (χ1) is 13.7. The molecule has 168 valence electrons. The van der Waals surface area contributed by atoms with Gasteiger partial charge in [0.25, 0.3) is 0 Å². The maximum atomic E-state index is 11.6. The van der Waals surface area contributed by atoms with Crippen LogP contribution < -0.4 is 38.6 Å². The molecule has 0 saturated carbocycles. The van der Waals surface area contributed by atoms with Gasteiger partial charge in [-0.25, -0.2) is 9.13 Å². The van der Waals surface area contributed by atoms with Crippen molar-refractivity contribution in [3.63, 3.8) is 0 Å². The van der Waals surface area contributed by atoms with Gasteiger partial charge in [0.05, 0.1) is 0 Å². The molecule has 2 rings (SSSR count). The van der Waals surface area contributed by atoms with Gasteiger partial charge in [0.2, 0.25) is 0 Å². The first kappa shape index (κ1) is 28.4. The maximum Gasteiger partial charge on any atom is 1.00 e. The Balaban J connectivity index is 0.00000480. The maximum absolute atomic E-state index is 11.6. The van der Waals surface area contributed by atoms with E-state index in [-0.39, 0.29) is 42.5 Å². The number of aryl methyl sites for hydroxylation is 4. The van der Waals surface area contributed by atoms with Crippen molar-refractivity contribution in [3.8, 4) is 11.5 Å². The molecule has 0 fully saturated rings. The summed E-state index contributed by atoms with van der Waals surface area (Å²) >= 11 is 0. The van der Waals surface area contributed by atoms with Gasteiger partial charge < -0.3 is 10.5 Å². The molecule has 0 aromatic heterocycles. The van der Waals surface area contributed by atoms with Crippen LogP contribution >= 0.6 is 15.6 Å². The largest absolute Gasteiger partial charge is 1.00 e. The summed E-state index contributed by atoms with van der Waals surface area (Å²) in [5.41, 5.74) is 3.89. The zero-order chi connectivity index (χ0) is 22.9. The van der Waals surface area contributed by atoms with Crippen LogP contribution in [0.1, 0.15) is 60.5 Å². The van der Waals surface area contributed by atoms with Crippen LogP contribution in [0.2, 0.25) is 0 Å². The average Bonchev–Trinajstić information content (AvgIpc) is 2.55. The van der Waals surface area contributed by atoms with Crippen LogP contribution in [0.15, 0.2) is 24.3 Å². The Morgan fingerprint density at radius 3 is 1.45 bits per heavy atom. The van der Waals surface area contributed by atoms with Gasteiger partial charge in [-0.1, -0.05) is 48.7 Å². The van der Waals surface area contributed by atoms with Crippen LogP contribution in [0.4, 0.5) is 0 Å². The number of rotatable bonds is 8. The number of benzene rings is 2. The predicted molar refractivity (Wildman–Crippen MR) is 115 cm³/mol. The zero-order valence-corrected chi connectivity index (χ0v) is 22.4. The van der Waals surface area contributed by atoms with Crippen LogP contribution in [-0.4, -0.2) is 19.6 Å². The summed E-state index contributed by atoms with van der Waals surface area (Å²) < 4.78 is 33.3. The van der Waals surface area contributed by atoms with Gasteiger partial charge in [-0.05, 0) is 45.2 Å². The first-order valence-electron chi connectivity index (χ1n) is 9.44. The minimum atomic E-state index is -4.83. The topological polar surface area (TPSA) is 134 Å². The van der Waals surface area contributed by atoms with E-state index in [2.05, 4.69) is 0 Å². The Kier molecular flexibility index (Phi) is 10.0. The van der Waals surface area contributed by atoms with Crippen LogP contribution in [0.25, 0.3) is 0 Å². The predicted octanol–water partition coefficient (Wildman–Crippen LogP) is 1.91. The third-order valence-corrected chi connectivity index (χ3v) is 5.48. The summed E-state index contributed by atoms with van der Waals surface area (Å²) in [6.07, 6.45) is 1.25. The molecule has 0 amide bonds. The summed E-state index contributed by atoms with van der Waals surface area (Å²) in [7, 11) is -9.65. The van der Waals surface area contributed by atoms with Crippen molar-refractivity contribution >= 4 is 15.6 Å². The molecule has 0 saturated heterocycles. The Hall–Kier alpha value is -0.660. The normalized spacial score (nSPS) is 11.9. The standard InChI is InChI=1S/C20H28O8P2.Na.H/c1-6-7-16(17-10-12(2)8-14(4)19(17)27-29(21,22)23)18-11-13(3)9-15(5)20(18)28-30(24,25)26;;/h8-11,16H,6-7H2,1-5H3,(H2,21,22,23)(H2,24,25,26);;/q;+1;-1. The number of phosphoric ester groups is 2. The number of hydrogen-bond donors (Lipinski definition) is 4. The first-order valence-corrected chi connectivity index (χ1v) is 12.5. The van der Waals surface area contributed by atoms with E-state index in [1.165, 1.54) is 0 Å². The van der Waals surface area contributed by atoms with Gasteiger partial charge in [0.1, 0.15) is 11.5 Å². The summed E-state index contributed by atoms with van der Waals surface area (Å²) in [6.45, 7) is 9.05. The molecule has 11 heteroatoms. The van der Waals surface area contributed by atoms with E-state index in [9.17, 15) is 28.7 Å². The summed E-state index contributed by atoms with van der Waals surface area (Å²) in [5, 5.41) is 0. The van der Waals surface area contributed by atoms with Crippen molar-refractivity contribution in [1.82, 2.24) is 0 Å². The second-order valence-corrected chi connectivity index (χ2v) is 9.83. The molecule has 2 aromatic rings. The fourth-order valence-electron chi connectivity index (χ4n) is 3.75. The van der Waals surface area contributed by atoms with E-state index in [4.69, 9.17) is 9.05 Å². The zero-order valence-electron chi connectivity index (χ0n) is 19.6. The van der Waals surface area contributed by atoms with Crippen molar-refractivity contribution in [2.24, 2.45) is 0 Å². The van der Waals surface area contributed by atoms with E-state index >= 15 is 0 Å². The van der Waals surface area contributed by atoms with E-state index in [1.807, 2.05) is 20.8 Å². The van der Waals surface area contributed by atoms with E-state index < -0.39 is 21.6 Å². The van der Waals surface area contributed by atoms with Gasteiger partial charge in [0.15, 0.2) is 0 Å². The molecule has 0 unspecified atom stereocenters. The number of phosphoric acid groups is 2. The molecule has 0 aliphatic carbocycles. The Bertz CT molecular complexity index is 955. The van der Waals surface area contributed by atoms with Crippen LogP contribution in [0.3, 0.4) is 0 Å². The van der Waals surface area contributed by atoms with Crippen LogP contribution in [0, 0.1) is 27.7 Å². The van der Waals surface area contributed by atoms with Crippen molar-refractivity contribution < 1.29 is 68.7 Å². The van der Waals surface area contributed by atoms with Crippen LogP contribution in [0.5, 0.6) is 11.5 Å². The summed E-state index contributed by atoms with van der Waals surface area (Å²) in [4.78, 5) is 37.7. The minimum absolute atomic E-state index is 0. The molecule has 0 aliphatic rings. The van der Waals surface area contributed by atoms with E-state index in [0.717, 1.165) is 11.1 Å².